The Morgan fingerprint density at radius 1 is 0.500 bits per heavy atom. The summed E-state index contributed by atoms with van der Waals surface area (Å²) in [4.78, 5) is 40.9. The van der Waals surface area contributed by atoms with Gasteiger partial charge in [-0.2, -0.15) is 0 Å². The Hall–Kier alpha value is -0.670. The van der Waals surface area contributed by atoms with Crippen LogP contribution in [0.2, 0.25) is 0 Å². The molecule has 2 atom stereocenters. The number of nitrogens with zero attached hydrogens (tertiary/aromatic N) is 1. The van der Waals surface area contributed by atoms with Gasteiger partial charge in [0.15, 0.2) is 11.6 Å². The van der Waals surface area contributed by atoms with Gasteiger partial charge >= 0.3 is 0 Å². The van der Waals surface area contributed by atoms with Crippen LogP contribution in [0.1, 0.15) is 271 Å². The van der Waals surface area contributed by atoms with E-state index in [1.807, 2.05) is 21.1 Å². The zero-order chi connectivity index (χ0) is 46.1. The Balaban J connectivity index is 4.68. The third-order valence-electron chi connectivity index (χ3n) is 12.8. The summed E-state index contributed by atoms with van der Waals surface area (Å²) in [5.41, 5.74) is -2.72. The van der Waals surface area contributed by atoms with E-state index in [-0.39, 0.29) is 19.4 Å². The number of carbonyl (C=O) groups excluding carboxylic acids is 2. The van der Waals surface area contributed by atoms with E-state index in [2.05, 4.69) is 13.8 Å². The highest BCUT2D eigenvalue weighted by Gasteiger charge is 2.53. The van der Waals surface area contributed by atoms with Crippen molar-refractivity contribution < 1.29 is 42.8 Å². The van der Waals surface area contributed by atoms with Crippen LogP contribution in [0.4, 0.5) is 0 Å². The van der Waals surface area contributed by atoms with Gasteiger partial charge in [0.25, 0.3) is 7.82 Å². The fourth-order valence-electron chi connectivity index (χ4n) is 8.55. The standard InChI is InChI=1S/C52H104NO8P/c1-6-8-10-12-14-16-18-20-22-24-26-28-30-32-34-36-38-40-42-44-49(55)52(51(57)48-54,61-62(58,59)60-47-46-53(3,4)5)50(56)45-43-41-39-37-35-33-31-29-27-25-23-21-19-17-15-13-11-9-7-2/h51,54,57H,6-48H2,1-5H3/t51-/m0/s1. The van der Waals surface area contributed by atoms with Crippen LogP contribution in [0.15, 0.2) is 0 Å². The summed E-state index contributed by atoms with van der Waals surface area (Å²) in [5.74, 6) is -1.61. The molecule has 0 spiro atoms. The van der Waals surface area contributed by atoms with Crippen molar-refractivity contribution in [3.05, 3.63) is 0 Å². The van der Waals surface area contributed by atoms with Gasteiger partial charge < -0.3 is 24.1 Å². The molecule has 2 N–H and O–H groups in total. The summed E-state index contributed by atoms with van der Waals surface area (Å²) >= 11 is 0. The lowest BCUT2D eigenvalue weighted by molar-refractivity contribution is -0.870. The van der Waals surface area contributed by atoms with Crippen molar-refractivity contribution in [3.63, 3.8) is 0 Å². The lowest BCUT2D eigenvalue weighted by Crippen LogP contribution is -2.59. The number of hydrogen-bond donors (Lipinski definition) is 2. The van der Waals surface area contributed by atoms with Gasteiger partial charge in [0.05, 0.1) is 27.7 Å². The molecular formula is C52H104NO8P. The molecule has 0 aliphatic rings. The lowest BCUT2D eigenvalue weighted by Gasteiger charge is -2.39. The van der Waals surface area contributed by atoms with Gasteiger partial charge in [0, 0.05) is 12.8 Å². The van der Waals surface area contributed by atoms with Crippen molar-refractivity contribution >= 4 is 19.4 Å². The second-order valence-electron chi connectivity index (χ2n) is 19.9. The molecule has 0 heterocycles. The number of unbranched alkanes of at least 4 members (excludes halogenated alkanes) is 36. The molecule has 0 saturated carbocycles. The molecule has 0 aromatic carbocycles. The van der Waals surface area contributed by atoms with E-state index in [1.165, 1.54) is 180 Å². The average Bonchev–Trinajstić information content (AvgIpc) is 3.23. The van der Waals surface area contributed by atoms with E-state index in [0.717, 1.165) is 51.4 Å². The van der Waals surface area contributed by atoms with Gasteiger partial charge in [-0.15, -0.1) is 0 Å². The predicted molar refractivity (Wildman–Crippen MR) is 259 cm³/mol. The molecule has 0 saturated heterocycles. The van der Waals surface area contributed by atoms with Gasteiger partial charge in [-0.05, 0) is 12.8 Å². The van der Waals surface area contributed by atoms with Crippen LogP contribution in [-0.4, -0.2) is 78.9 Å². The lowest BCUT2D eigenvalue weighted by atomic mass is 9.82. The Morgan fingerprint density at radius 2 is 0.742 bits per heavy atom. The minimum atomic E-state index is -5.21. The first kappa shape index (κ1) is 61.3. The van der Waals surface area contributed by atoms with E-state index in [9.17, 15) is 29.3 Å². The number of quaternary nitrogens is 1. The van der Waals surface area contributed by atoms with Crippen LogP contribution in [0.5, 0.6) is 0 Å². The number of Topliss-reactive ketones (excluding diaryl/α,β-unsaturated/α-hetero) is 2. The Labute approximate surface area is 384 Å². The van der Waals surface area contributed by atoms with Crippen LogP contribution in [-0.2, 0) is 23.2 Å². The Kier molecular flexibility index (Phi) is 41.3. The Bertz CT molecular complexity index is 1010. The highest BCUT2D eigenvalue weighted by atomic mass is 31.2. The Morgan fingerprint density at radius 3 is 0.968 bits per heavy atom. The maximum atomic E-state index is 13.9. The summed E-state index contributed by atoms with van der Waals surface area (Å²) in [6.45, 7) is 3.67. The number of aliphatic hydroxyl groups excluding tert-OH is 2. The van der Waals surface area contributed by atoms with E-state index in [4.69, 9.17) is 9.05 Å². The number of phosphoric acid groups is 1. The van der Waals surface area contributed by atoms with Crippen LogP contribution < -0.4 is 4.89 Å². The van der Waals surface area contributed by atoms with Gasteiger partial charge in [0.1, 0.15) is 19.3 Å². The third-order valence-corrected chi connectivity index (χ3v) is 13.8. The third kappa shape index (κ3) is 35.6. The van der Waals surface area contributed by atoms with Crippen molar-refractivity contribution in [3.8, 4) is 0 Å². The maximum absolute atomic E-state index is 13.9. The second-order valence-corrected chi connectivity index (χ2v) is 21.2. The number of ketones is 2. The molecule has 370 valence electrons. The van der Waals surface area contributed by atoms with E-state index in [1.54, 1.807) is 0 Å². The monoisotopic (exact) mass is 902 g/mol. The fraction of sp³-hybridized carbons (Fsp3) is 0.962. The van der Waals surface area contributed by atoms with Gasteiger partial charge in [-0.1, -0.05) is 245 Å². The van der Waals surface area contributed by atoms with Crippen molar-refractivity contribution in [1.29, 1.82) is 0 Å². The van der Waals surface area contributed by atoms with Crippen molar-refractivity contribution in [2.45, 2.75) is 282 Å². The largest absolute Gasteiger partial charge is 0.756 e. The molecule has 0 aromatic rings. The number of rotatable bonds is 50. The molecule has 0 aliphatic carbocycles. The smallest absolute Gasteiger partial charge is 0.269 e. The number of phosphoric ester groups is 1. The summed E-state index contributed by atoms with van der Waals surface area (Å²) in [7, 11) is 0.438. The number of hydrogen-bond acceptors (Lipinski definition) is 8. The first-order valence-electron chi connectivity index (χ1n) is 26.7. The summed E-state index contributed by atoms with van der Waals surface area (Å²) in [6.07, 6.45) is 44.0. The van der Waals surface area contributed by atoms with E-state index < -0.39 is 37.7 Å². The summed E-state index contributed by atoms with van der Waals surface area (Å²) in [5, 5.41) is 21.1. The van der Waals surface area contributed by atoms with Gasteiger partial charge in [0.2, 0.25) is 5.60 Å². The molecule has 0 bridgehead atoms. The SMILES string of the molecule is CCCCCCCCCCCCCCCCCCCCCC(=O)C(OP(=O)([O-])OCC[N+](C)(C)C)(C(=O)CCCCCCCCCCCCCCCCCCCCC)[C@@H](O)CO. The second kappa shape index (κ2) is 41.7. The molecule has 10 heteroatoms. The first-order valence-corrected chi connectivity index (χ1v) is 28.1. The zero-order valence-electron chi connectivity index (χ0n) is 41.7. The van der Waals surface area contributed by atoms with Gasteiger partial charge in [-0.25, -0.2) is 0 Å². The zero-order valence-corrected chi connectivity index (χ0v) is 42.6. The minimum Gasteiger partial charge on any atom is -0.756 e. The highest BCUT2D eigenvalue weighted by Crippen LogP contribution is 2.46. The summed E-state index contributed by atoms with van der Waals surface area (Å²) in [6, 6.07) is 0. The maximum Gasteiger partial charge on any atom is 0.269 e. The van der Waals surface area contributed by atoms with Crippen LogP contribution in [0.3, 0.4) is 0 Å². The van der Waals surface area contributed by atoms with Crippen molar-refractivity contribution in [2.75, 3.05) is 40.9 Å². The molecule has 9 nitrogen and oxygen atoms in total. The molecule has 0 fully saturated rings. The van der Waals surface area contributed by atoms with Crippen LogP contribution >= 0.6 is 7.82 Å². The predicted octanol–water partition coefficient (Wildman–Crippen LogP) is 14.1. The van der Waals surface area contributed by atoms with Crippen molar-refractivity contribution in [1.82, 2.24) is 0 Å². The molecule has 0 aromatic heterocycles. The normalized spacial score (nSPS) is 13.7. The van der Waals surface area contributed by atoms with Gasteiger partial charge in [-0.3, -0.25) is 18.7 Å². The number of likely N-dealkylation sites (N-methyl/N-ethyl adjacent to an activating group) is 1. The molecule has 0 aliphatic heterocycles. The molecule has 1 unspecified atom stereocenters. The quantitative estimate of drug-likeness (QED) is 0.0267. The van der Waals surface area contributed by atoms with Crippen LogP contribution in [0.25, 0.3) is 0 Å². The van der Waals surface area contributed by atoms with E-state index in [0.29, 0.717) is 23.9 Å². The molecule has 0 amide bonds. The minimum absolute atomic E-state index is 0.125. The van der Waals surface area contributed by atoms with Crippen molar-refractivity contribution in [2.24, 2.45) is 0 Å². The fourth-order valence-corrected chi connectivity index (χ4v) is 9.58. The first-order chi connectivity index (χ1) is 29.9. The number of aliphatic hydroxyl groups is 2. The topological polar surface area (TPSA) is 133 Å². The average molecular weight is 902 g/mol. The van der Waals surface area contributed by atoms with Crippen LogP contribution in [0, 0.1) is 0 Å². The summed E-state index contributed by atoms with van der Waals surface area (Å²) < 4.78 is 24.0. The molecule has 0 rings (SSSR count). The highest BCUT2D eigenvalue weighted by molar-refractivity contribution is 7.46. The molecular weight excluding hydrogens is 798 g/mol. The molecule has 0 radical (unpaired) electrons. The number of carbonyl (C=O) groups is 2. The van der Waals surface area contributed by atoms with E-state index >= 15 is 0 Å². The molecule has 62 heavy (non-hydrogen) atoms.